The van der Waals surface area contributed by atoms with Crippen LogP contribution in [-0.4, -0.2) is 27.5 Å². The van der Waals surface area contributed by atoms with Gasteiger partial charge in [-0.05, 0) is 67.4 Å². The minimum absolute atomic E-state index is 0.0118. The lowest BCUT2D eigenvalue weighted by Gasteiger charge is -2.19. The first-order valence-electron chi connectivity index (χ1n) is 9.83. The SMILES string of the molecule is Cc1cc(C)cc(NS(=O)(=O)c2cc(C(=O)Nc3ccc4c(c3)OCCO4)ccc2Cl)c1. The number of rotatable bonds is 5. The van der Waals surface area contributed by atoms with Crippen LogP contribution in [-0.2, 0) is 10.0 Å². The summed E-state index contributed by atoms with van der Waals surface area (Å²) in [6, 6.07) is 14.5. The minimum atomic E-state index is -4.02. The van der Waals surface area contributed by atoms with Gasteiger partial charge in [0.25, 0.3) is 15.9 Å². The molecule has 1 aliphatic heterocycles. The number of hydrogen-bond donors (Lipinski definition) is 2. The van der Waals surface area contributed by atoms with Gasteiger partial charge in [0.05, 0.1) is 5.02 Å². The Labute approximate surface area is 191 Å². The van der Waals surface area contributed by atoms with Gasteiger partial charge in [0.1, 0.15) is 18.1 Å². The number of sulfonamides is 1. The van der Waals surface area contributed by atoms with E-state index in [1.807, 2.05) is 19.9 Å². The summed E-state index contributed by atoms with van der Waals surface area (Å²) in [6.07, 6.45) is 0. The van der Waals surface area contributed by atoms with Gasteiger partial charge in [0.15, 0.2) is 11.5 Å². The van der Waals surface area contributed by atoms with E-state index in [2.05, 4.69) is 10.0 Å². The zero-order valence-corrected chi connectivity index (χ0v) is 19.0. The molecule has 3 aromatic carbocycles. The van der Waals surface area contributed by atoms with Gasteiger partial charge in [-0.15, -0.1) is 0 Å². The van der Waals surface area contributed by atoms with Crippen LogP contribution in [0.15, 0.2) is 59.5 Å². The predicted molar refractivity (Wildman–Crippen MR) is 124 cm³/mol. The summed E-state index contributed by atoms with van der Waals surface area (Å²) in [4.78, 5) is 12.6. The third-order valence-electron chi connectivity index (χ3n) is 4.76. The number of nitrogens with one attached hydrogen (secondary N) is 2. The van der Waals surface area contributed by atoms with Crippen molar-refractivity contribution in [3.8, 4) is 11.5 Å². The summed E-state index contributed by atoms with van der Waals surface area (Å²) in [5.41, 5.74) is 2.89. The van der Waals surface area contributed by atoms with Crippen molar-refractivity contribution < 1.29 is 22.7 Å². The van der Waals surface area contributed by atoms with E-state index in [4.69, 9.17) is 21.1 Å². The van der Waals surface area contributed by atoms with E-state index in [9.17, 15) is 13.2 Å². The highest BCUT2D eigenvalue weighted by molar-refractivity contribution is 7.92. The van der Waals surface area contributed by atoms with E-state index in [1.54, 1.807) is 30.3 Å². The third-order valence-corrected chi connectivity index (χ3v) is 6.62. The first kappa shape index (κ1) is 22.0. The second kappa shape index (κ2) is 8.72. The van der Waals surface area contributed by atoms with E-state index >= 15 is 0 Å². The molecule has 4 rings (SSSR count). The number of carbonyl (C=O) groups excluding carboxylic acids is 1. The van der Waals surface area contributed by atoms with Crippen LogP contribution < -0.4 is 19.5 Å². The minimum Gasteiger partial charge on any atom is -0.486 e. The molecule has 1 aliphatic rings. The van der Waals surface area contributed by atoms with Gasteiger partial charge in [-0.25, -0.2) is 8.42 Å². The summed E-state index contributed by atoms with van der Waals surface area (Å²) < 4.78 is 39.5. The van der Waals surface area contributed by atoms with E-state index < -0.39 is 15.9 Å². The Morgan fingerprint density at radius 2 is 1.56 bits per heavy atom. The number of anilines is 2. The molecule has 7 nitrogen and oxygen atoms in total. The Morgan fingerprint density at radius 3 is 2.28 bits per heavy atom. The van der Waals surface area contributed by atoms with Crippen LogP contribution in [0, 0.1) is 13.8 Å². The molecule has 0 unspecified atom stereocenters. The molecule has 0 aromatic heterocycles. The summed E-state index contributed by atoms with van der Waals surface area (Å²) >= 11 is 6.17. The Bertz CT molecular complexity index is 1290. The zero-order valence-electron chi connectivity index (χ0n) is 17.4. The van der Waals surface area contributed by atoms with Crippen LogP contribution in [0.2, 0.25) is 5.02 Å². The standard InChI is InChI=1S/C23H21ClN2O5S/c1-14-9-15(2)11-18(10-14)26-32(28,29)22-12-16(3-5-19(22)24)23(27)25-17-4-6-20-21(13-17)31-8-7-30-20/h3-6,9-13,26H,7-8H2,1-2H3,(H,25,27). The number of aryl methyl sites for hydroxylation is 2. The molecule has 0 aliphatic carbocycles. The maximum absolute atomic E-state index is 13.0. The van der Waals surface area contributed by atoms with E-state index in [0.717, 1.165) is 11.1 Å². The van der Waals surface area contributed by atoms with E-state index in [0.29, 0.717) is 36.1 Å². The fraction of sp³-hybridized carbons (Fsp3) is 0.174. The molecule has 0 atom stereocenters. The summed E-state index contributed by atoms with van der Waals surface area (Å²) in [7, 11) is -4.02. The normalized spacial score (nSPS) is 12.8. The molecular weight excluding hydrogens is 452 g/mol. The molecule has 0 saturated carbocycles. The van der Waals surface area contributed by atoms with Crippen molar-refractivity contribution in [1.82, 2.24) is 0 Å². The highest BCUT2D eigenvalue weighted by Crippen LogP contribution is 2.33. The van der Waals surface area contributed by atoms with Gasteiger partial charge < -0.3 is 14.8 Å². The van der Waals surface area contributed by atoms with Crippen molar-refractivity contribution in [2.75, 3.05) is 23.3 Å². The quantitative estimate of drug-likeness (QED) is 0.557. The molecule has 9 heteroatoms. The molecule has 0 fully saturated rings. The average molecular weight is 473 g/mol. The molecule has 3 aromatic rings. The lowest BCUT2D eigenvalue weighted by atomic mass is 10.1. The lowest BCUT2D eigenvalue weighted by molar-refractivity contribution is 0.102. The molecule has 2 N–H and O–H groups in total. The first-order chi connectivity index (χ1) is 15.2. The van der Waals surface area contributed by atoms with Crippen molar-refractivity contribution in [2.24, 2.45) is 0 Å². The van der Waals surface area contributed by atoms with E-state index in [-0.39, 0.29) is 15.5 Å². The van der Waals surface area contributed by atoms with Gasteiger partial charge in [0, 0.05) is 23.0 Å². The number of hydrogen-bond acceptors (Lipinski definition) is 5. The molecule has 0 spiro atoms. The number of ether oxygens (including phenoxy) is 2. The lowest BCUT2D eigenvalue weighted by Crippen LogP contribution is -2.17. The molecule has 166 valence electrons. The van der Waals surface area contributed by atoms with Gasteiger partial charge in [-0.2, -0.15) is 0 Å². The maximum atomic E-state index is 13.0. The number of carbonyl (C=O) groups is 1. The Kier molecular flexibility index (Phi) is 5.99. The van der Waals surface area contributed by atoms with Crippen molar-refractivity contribution >= 4 is 38.9 Å². The molecule has 0 bridgehead atoms. The van der Waals surface area contributed by atoms with Gasteiger partial charge >= 0.3 is 0 Å². The maximum Gasteiger partial charge on any atom is 0.263 e. The largest absolute Gasteiger partial charge is 0.486 e. The molecule has 1 heterocycles. The van der Waals surface area contributed by atoms with Gasteiger partial charge in [-0.3, -0.25) is 9.52 Å². The van der Waals surface area contributed by atoms with Gasteiger partial charge in [-0.1, -0.05) is 17.7 Å². The Morgan fingerprint density at radius 1 is 0.875 bits per heavy atom. The van der Waals surface area contributed by atoms with E-state index in [1.165, 1.54) is 18.2 Å². The smallest absolute Gasteiger partial charge is 0.263 e. The van der Waals surface area contributed by atoms with Crippen molar-refractivity contribution in [1.29, 1.82) is 0 Å². The fourth-order valence-corrected chi connectivity index (χ4v) is 4.99. The first-order valence-corrected chi connectivity index (χ1v) is 11.7. The van der Waals surface area contributed by atoms with Crippen LogP contribution in [0.1, 0.15) is 21.5 Å². The molecule has 32 heavy (non-hydrogen) atoms. The third kappa shape index (κ3) is 4.81. The molecule has 0 saturated heterocycles. The van der Waals surface area contributed by atoms with Crippen LogP contribution >= 0.6 is 11.6 Å². The molecule has 1 amide bonds. The Hall–Kier alpha value is -3.23. The molecule has 0 radical (unpaired) electrons. The zero-order chi connectivity index (χ0) is 22.9. The average Bonchev–Trinajstić information content (AvgIpc) is 2.72. The monoisotopic (exact) mass is 472 g/mol. The van der Waals surface area contributed by atoms with Crippen LogP contribution in [0.4, 0.5) is 11.4 Å². The fourth-order valence-electron chi connectivity index (χ4n) is 3.42. The number of halogens is 1. The number of benzene rings is 3. The van der Waals surface area contributed by atoms with Crippen LogP contribution in [0.25, 0.3) is 0 Å². The second-order valence-corrected chi connectivity index (χ2v) is 9.50. The number of amides is 1. The summed E-state index contributed by atoms with van der Waals surface area (Å²) in [5.74, 6) is 0.652. The van der Waals surface area contributed by atoms with Crippen LogP contribution in [0.5, 0.6) is 11.5 Å². The highest BCUT2D eigenvalue weighted by Gasteiger charge is 2.21. The highest BCUT2D eigenvalue weighted by atomic mass is 35.5. The topological polar surface area (TPSA) is 93.7 Å². The molecular formula is C23H21ClN2O5S. The van der Waals surface area contributed by atoms with Crippen LogP contribution in [0.3, 0.4) is 0 Å². The van der Waals surface area contributed by atoms with Gasteiger partial charge in [0.2, 0.25) is 0 Å². The summed E-state index contributed by atoms with van der Waals surface area (Å²) in [6.45, 7) is 4.65. The predicted octanol–water partition coefficient (Wildman–Crippen LogP) is 4.78. The van der Waals surface area contributed by atoms with Crippen molar-refractivity contribution in [3.05, 3.63) is 76.3 Å². The van der Waals surface area contributed by atoms with Crippen molar-refractivity contribution in [3.63, 3.8) is 0 Å². The Balaban J connectivity index is 1.58. The summed E-state index contributed by atoms with van der Waals surface area (Å²) in [5, 5.41) is 2.75. The number of fused-ring (bicyclic) bond motifs is 1. The second-order valence-electron chi connectivity index (χ2n) is 7.44. The van der Waals surface area contributed by atoms with Crippen molar-refractivity contribution in [2.45, 2.75) is 18.7 Å².